The first kappa shape index (κ1) is 12.2. The minimum absolute atomic E-state index is 0.195. The van der Waals surface area contributed by atoms with Crippen LogP contribution in [0.5, 0.6) is 0 Å². The number of hydrogen-bond donors (Lipinski definition) is 3. The van der Waals surface area contributed by atoms with Gasteiger partial charge in [0, 0.05) is 13.1 Å². The summed E-state index contributed by atoms with van der Waals surface area (Å²) in [4.78, 5) is 0. The maximum absolute atomic E-state index is 9.13. The lowest BCUT2D eigenvalue weighted by Gasteiger charge is -2.09. The first-order valence-electron chi connectivity index (χ1n) is 5.18. The molecule has 0 spiro atoms. The van der Waals surface area contributed by atoms with Crippen LogP contribution < -0.4 is 5.32 Å². The fourth-order valence-corrected chi connectivity index (χ4v) is 1.62. The highest BCUT2D eigenvalue weighted by molar-refractivity contribution is 5.28. The third-order valence-electron chi connectivity index (χ3n) is 2.20. The summed E-state index contributed by atoms with van der Waals surface area (Å²) in [7, 11) is 0. The van der Waals surface area contributed by atoms with Crippen molar-refractivity contribution in [3.63, 3.8) is 0 Å². The summed E-state index contributed by atoms with van der Waals surface area (Å²) in [5.74, 6) is 0. The van der Waals surface area contributed by atoms with Gasteiger partial charge in [-0.05, 0) is 19.4 Å². The van der Waals surface area contributed by atoms with Crippen LogP contribution in [0.2, 0.25) is 0 Å². The number of rotatable bonds is 5. The lowest BCUT2D eigenvalue weighted by molar-refractivity contribution is 0.0942. The van der Waals surface area contributed by atoms with Crippen LogP contribution in [-0.4, -0.2) is 29.5 Å². The molecule has 3 N–H and O–H groups in total. The third kappa shape index (κ3) is 4.42. The van der Waals surface area contributed by atoms with E-state index in [0.29, 0.717) is 6.54 Å². The predicted octanol–water partition coefficient (Wildman–Crippen LogP) is 0.746. The van der Waals surface area contributed by atoms with Crippen molar-refractivity contribution in [2.45, 2.75) is 26.5 Å². The van der Waals surface area contributed by atoms with Crippen molar-refractivity contribution in [2.75, 3.05) is 13.2 Å². The molecule has 0 amide bonds. The summed E-state index contributed by atoms with van der Waals surface area (Å²) in [6, 6.07) is 6.36. The van der Waals surface area contributed by atoms with Crippen LogP contribution >= 0.6 is 0 Å². The van der Waals surface area contributed by atoms with Crippen molar-refractivity contribution in [2.24, 2.45) is 0 Å². The number of benzene rings is 1. The molecule has 3 heteroatoms. The molecule has 0 radical (unpaired) electrons. The normalized spacial score (nSPS) is 12.8. The first-order chi connectivity index (χ1) is 7.11. The van der Waals surface area contributed by atoms with Gasteiger partial charge in [-0.15, -0.1) is 0 Å². The molecule has 84 valence electrons. The van der Waals surface area contributed by atoms with Gasteiger partial charge < -0.3 is 15.5 Å². The van der Waals surface area contributed by atoms with Crippen LogP contribution in [-0.2, 0) is 6.54 Å². The molecule has 0 heterocycles. The summed E-state index contributed by atoms with van der Waals surface area (Å²) >= 11 is 0. The number of hydrogen-bond acceptors (Lipinski definition) is 3. The van der Waals surface area contributed by atoms with Crippen molar-refractivity contribution in [1.29, 1.82) is 0 Å². The van der Waals surface area contributed by atoms with Gasteiger partial charge in [-0.3, -0.25) is 0 Å². The second-order valence-corrected chi connectivity index (χ2v) is 3.96. The monoisotopic (exact) mass is 209 g/mol. The quantitative estimate of drug-likeness (QED) is 0.670. The van der Waals surface area contributed by atoms with E-state index in [0.717, 1.165) is 6.54 Å². The van der Waals surface area contributed by atoms with Crippen LogP contribution in [0.3, 0.4) is 0 Å². The standard InChI is InChI=1S/C12H19NO2/c1-9-3-10(2)5-11(4-9)6-13-7-12(15)8-14/h3-5,12-15H,6-8H2,1-2H3/t12-/m1/s1. The van der Waals surface area contributed by atoms with Gasteiger partial charge in [0.05, 0.1) is 12.7 Å². The van der Waals surface area contributed by atoms with Crippen LogP contribution in [0.25, 0.3) is 0 Å². The maximum Gasteiger partial charge on any atom is 0.0895 e. The largest absolute Gasteiger partial charge is 0.394 e. The second-order valence-electron chi connectivity index (χ2n) is 3.96. The number of aliphatic hydroxyl groups excluding tert-OH is 2. The molecule has 3 nitrogen and oxygen atoms in total. The van der Waals surface area contributed by atoms with Gasteiger partial charge in [0.25, 0.3) is 0 Å². The van der Waals surface area contributed by atoms with Gasteiger partial charge in [0.2, 0.25) is 0 Å². The molecule has 0 aromatic heterocycles. The zero-order valence-corrected chi connectivity index (χ0v) is 9.33. The number of nitrogens with one attached hydrogen (secondary N) is 1. The van der Waals surface area contributed by atoms with Crippen molar-refractivity contribution < 1.29 is 10.2 Å². The Balaban J connectivity index is 2.43. The molecule has 0 saturated heterocycles. The summed E-state index contributed by atoms with van der Waals surface area (Å²) in [6.45, 7) is 5.08. The summed E-state index contributed by atoms with van der Waals surface area (Å²) in [5, 5.41) is 20.9. The number of aliphatic hydroxyl groups is 2. The van der Waals surface area contributed by atoms with Gasteiger partial charge in [-0.25, -0.2) is 0 Å². The molecule has 0 aliphatic heterocycles. The van der Waals surface area contributed by atoms with Gasteiger partial charge in [-0.2, -0.15) is 0 Å². The van der Waals surface area contributed by atoms with Crippen molar-refractivity contribution in [3.8, 4) is 0 Å². The molecular formula is C12H19NO2. The Morgan fingerprint density at radius 2 is 1.80 bits per heavy atom. The second kappa shape index (κ2) is 5.85. The molecule has 15 heavy (non-hydrogen) atoms. The Kier molecular flexibility index (Phi) is 4.75. The summed E-state index contributed by atoms with van der Waals surface area (Å²) < 4.78 is 0. The van der Waals surface area contributed by atoms with E-state index < -0.39 is 6.10 Å². The lowest BCUT2D eigenvalue weighted by Crippen LogP contribution is -2.28. The van der Waals surface area contributed by atoms with Gasteiger partial charge in [-0.1, -0.05) is 29.3 Å². The Bertz CT molecular complexity index is 292. The van der Waals surface area contributed by atoms with Gasteiger partial charge >= 0.3 is 0 Å². The van der Waals surface area contributed by atoms with Crippen molar-refractivity contribution in [3.05, 3.63) is 34.9 Å². The fraction of sp³-hybridized carbons (Fsp3) is 0.500. The fourth-order valence-electron chi connectivity index (χ4n) is 1.62. The van der Waals surface area contributed by atoms with E-state index in [1.54, 1.807) is 0 Å². The highest BCUT2D eigenvalue weighted by atomic mass is 16.3. The maximum atomic E-state index is 9.13. The van der Waals surface area contributed by atoms with E-state index in [2.05, 4.69) is 37.4 Å². The van der Waals surface area contributed by atoms with Crippen LogP contribution in [0.4, 0.5) is 0 Å². The molecule has 1 aromatic rings. The molecule has 1 atom stereocenters. The first-order valence-corrected chi connectivity index (χ1v) is 5.18. The minimum Gasteiger partial charge on any atom is -0.394 e. The third-order valence-corrected chi connectivity index (χ3v) is 2.20. The van der Waals surface area contributed by atoms with E-state index in [4.69, 9.17) is 10.2 Å². The van der Waals surface area contributed by atoms with Crippen molar-refractivity contribution in [1.82, 2.24) is 5.32 Å². The average Bonchev–Trinajstić information content (AvgIpc) is 2.16. The van der Waals surface area contributed by atoms with Crippen LogP contribution in [0.1, 0.15) is 16.7 Å². The molecule has 0 saturated carbocycles. The highest BCUT2D eigenvalue weighted by Gasteiger charge is 2.01. The molecule has 0 bridgehead atoms. The molecular weight excluding hydrogens is 190 g/mol. The highest BCUT2D eigenvalue weighted by Crippen LogP contribution is 2.08. The zero-order valence-electron chi connectivity index (χ0n) is 9.33. The molecule has 0 aliphatic rings. The van der Waals surface area contributed by atoms with E-state index in [-0.39, 0.29) is 6.61 Å². The Morgan fingerprint density at radius 3 is 2.33 bits per heavy atom. The van der Waals surface area contributed by atoms with E-state index >= 15 is 0 Å². The SMILES string of the molecule is Cc1cc(C)cc(CNC[C@@H](O)CO)c1. The Morgan fingerprint density at radius 1 is 1.20 bits per heavy atom. The van der Waals surface area contributed by atoms with Crippen LogP contribution in [0.15, 0.2) is 18.2 Å². The predicted molar refractivity (Wildman–Crippen MR) is 60.7 cm³/mol. The van der Waals surface area contributed by atoms with Gasteiger partial charge in [0.15, 0.2) is 0 Å². The van der Waals surface area contributed by atoms with E-state index in [9.17, 15) is 0 Å². The minimum atomic E-state index is -0.670. The molecule has 1 aromatic carbocycles. The molecule has 0 unspecified atom stereocenters. The lowest BCUT2D eigenvalue weighted by atomic mass is 10.1. The van der Waals surface area contributed by atoms with Crippen molar-refractivity contribution >= 4 is 0 Å². The average molecular weight is 209 g/mol. The molecule has 0 aliphatic carbocycles. The molecule has 0 fully saturated rings. The molecule has 1 rings (SSSR count). The smallest absolute Gasteiger partial charge is 0.0895 e. The summed E-state index contributed by atoms with van der Waals surface area (Å²) in [6.07, 6.45) is -0.670. The zero-order chi connectivity index (χ0) is 11.3. The van der Waals surface area contributed by atoms with Gasteiger partial charge in [0.1, 0.15) is 0 Å². The van der Waals surface area contributed by atoms with Crippen LogP contribution in [0, 0.1) is 13.8 Å². The Hall–Kier alpha value is -0.900. The number of aryl methyl sites for hydroxylation is 2. The topological polar surface area (TPSA) is 52.5 Å². The summed E-state index contributed by atoms with van der Waals surface area (Å²) in [5.41, 5.74) is 3.70. The Labute approximate surface area is 90.8 Å². The van der Waals surface area contributed by atoms with E-state index in [1.165, 1.54) is 16.7 Å². The van der Waals surface area contributed by atoms with E-state index in [1.807, 2.05) is 0 Å².